The SMILES string of the molecule is CC(=O)c1cn([C@@H]2O[C@H](CO)C(O)[C@@H]2O)c2ncnc(NC(C)(C)C)c12. The summed E-state index contributed by atoms with van der Waals surface area (Å²) in [6.07, 6.45) is -1.50. The molecule has 0 aliphatic carbocycles. The molecule has 4 N–H and O–H groups in total. The Kier molecular flexibility index (Phi) is 4.74. The van der Waals surface area contributed by atoms with Crippen molar-refractivity contribution in [2.45, 2.75) is 57.8 Å². The number of nitrogens with one attached hydrogen (secondary N) is 1. The Morgan fingerprint density at radius 3 is 2.54 bits per heavy atom. The number of anilines is 1. The standard InChI is InChI=1S/C17H24N4O5/c1-8(23)9-5-21(16-13(25)12(24)10(6-22)26-16)15-11(9)14(18-7-19-15)20-17(2,3)4/h5,7,10,12-13,16,22,24-25H,6H2,1-4H3,(H,18,19,20)/t10-,12?,13+,16-/m1/s1. The minimum Gasteiger partial charge on any atom is -0.394 e. The van der Waals surface area contributed by atoms with E-state index in [4.69, 9.17) is 4.74 Å². The van der Waals surface area contributed by atoms with E-state index in [0.717, 1.165) is 0 Å². The van der Waals surface area contributed by atoms with E-state index < -0.39 is 31.1 Å². The van der Waals surface area contributed by atoms with Crippen LogP contribution in [0.25, 0.3) is 11.0 Å². The lowest BCUT2D eigenvalue weighted by atomic mass is 10.1. The molecule has 1 aliphatic heterocycles. The fourth-order valence-electron chi connectivity index (χ4n) is 3.11. The summed E-state index contributed by atoms with van der Waals surface area (Å²) in [5.41, 5.74) is 0.482. The number of hydrogen-bond acceptors (Lipinski definition) is 8. The van der Waals surface area contributed by atoms with Gasteiger partial charge >= 0.3 is 0 Å². The molecule has 2 aromatic heterocycles. The van der Waals surface area contributed by atoms with Crippen molar-refractivity contribution in [2.75, 3.05) is 11.9 Å². The molecule has 0 amide bonds. The first-order valence-corrected chi connectivity index (χ1v) is 8.41. The summed E-state index contributed by atoms with van der Waals surface area (Å²) in [5, 5.41) is 33.4. The van der Waals surface area contributed by atoms with Crippen molar-refractivity contribution in [3.63, 3.8) is 0 Å². The van der Waals surface area contributed by atoms with Crippen molar-refractivity contribution >= 4 is 22.6 Å². The van der Waals surface area contributed by atoms with Crippen LogP contribution in [0.3, 0.4) is 0 Å². The van der Waals surface area contributed by atoms with E-state index in [9.17, 15) is 20.1 Å². The van der Waals surface area contributed by atoms with Gasteiger partial charge in [-0.3, -0.25) is 4.79 Å². The fraction of sp³-hybridized carbons (Fsp3) is 0.588. The van der Waals surface area contributed by atoms with Crippen LogP contribution in [-0.2, 0) is 4.74 Å². The number of aromatic nitrogens is 3. The van der Waals surface area contributed by atoms with Crippen LogP contribution in [0.2, 0.25) is 0 Å². The van der Waals surface area contributed by atoms with Gasteiger partial charge in [0.1, 0.15) is 36.1 Å². The molecule has 26 heavy (non-hydrogen) atoms. The third-order valence-electron chi connectivity index (χ3n) is 4.27. The number of nitrogens with zero attached hydrogens (tertiary/aromatic N) is 3. The highest BCUT2D eigenvalue weighted by Gasteiger charge is 2.44. The molecule has 0 radical (unpaired) electrons. The Balaban J connectivity index is 2.16. The molecule has 2 aromatic rings. The van der Waals surface area contributed by atoms with Gasteiger partial charge in [0.25, 0.3) is 0 Å². The van der Waals surface area contributed by atoms with Gasteiger partial charge in [-0.1, -0.05) is 0 Å². The summed E-state index contributed by atoms with van der Waals surface area (Å²) in [7, 11) is 0. The quantitative estimate of drug-likeness (QED) is 0.576. The second kappa shape index (κ2) is 6.58. The van der Waals surface area contributed by atoms with Crippen LogP contribution in [0.15, 0.2) is 12.5 Å². The van der Waals surface area contributed by atoms with Gasteiger partial charge in [0.15, 0.2) is 12.0 Å². The van der Waals surface area contributed by atoms with Gasteiger partial charge in [0.2, 0.25) is 0 Å². The number of carbonyl (C=O) groups excluding carboxylic acids is 1. The number of fused-ring (bicyclic) bond motifs is 1. The number of carbonyl (C=O) groups is 1. The normalized spacial score (nSPS) is 26.4. The maximum Gasteiger partial charge on any atom is 0.164 e. The zero-order valence-corrected chi connectivity index (χ0v) is 15.2. The zero-order valence-electron chi connectivity index (χ0n) is 15.2. The Hall–Kier alpha value is -2.07. The van der Waals surface area contributed by atoms with Gasteiger partial charge in [0, 0.05) is 17.3 Å². The summed E-state index contributed by atoms with van der Waals surface area (Å²) in [6.45, 7) is 6.91. The molecule has 0 bridgehead atoms. The van der Waals surface area contributed by atoms with Crippen molar-refractivity contribution < 1.29 is 24.9 Å². The van der Waals surface area contributed by atoms with E-state index in [1.54, 1.807) is 0 Å². The first-order chi connectivity index (χ1) is 12.1. The largest absolute Gasteiger partial charge is 0.394 e. The third kappa shape index (κ3) is 3.18. The molecule has 0 aromatic carbocycles. The topological polar surface area (TPSA) is 130 Å². The van der Waals surface area contributed by atoms with Crippen molar-refractivity contribution in [2.24, 2.45) is 0 Å². The maximum absolute atomic E-state index is 12.2. The highest BCUT2D eigenvalue weighted by atomic mass is 16.6. The van der Waals surface area contributed by atoms with Crippen molar-refractivity contribution in [3.05, 3.63) is 18.1 Å². The van der Waals surface area contributed by atoms with E-state index in [1.165, 1.54) is 24.0 Å². The van der Waals surface area contributed by atoms with Gasteiger partial charge in [-0.25, -0.2) is 9.97 Å². The summed E-state index contributed by atoms with van der Waals surface area (Å²) < 4.78 is 7.09. The van der Waals surface area contributed by atoms with Crippen LogP contribution in [0.5, 0.6) is 0 Å². The van der Waals surface area contributed by atoms with Crippen LogP contribution in [0, 0.1) is 0 Å². The molecule has 1 saturated heterocycles. The minimum absolute atomic E-state index is 0.188. The molecular formula is C17H24N4O5. The van der Waals surface area contributed by atoms with E-state index in [2.05, 4.69) is 15.3 Å². The minimum atomic E-state index is -1.27. The van der Waals surface area contributed by atoms with E-state index in [-0.39, 0.29) is 11.3 Å². The van der Waals surface area contributed by atoms with E-state index >= 15 is 0 Å². The van der Waals surface area contributed by atoms with Crippen molar-refractivity contribution in [1.82, 2.24) is 14.5 Å². The molecule has 0 saturated carbocycles. The third-order valence-corrected chi connectivity index (χ3v) is 4.27. The molecule has 9 nitrogen and oxygen atoms in total. The van der Waals surface area contributed by atoms with Crippen molar-refractivity contribution in [1.29, 1.82) is 0 Å². The number of hydrogen-bond donors (Lipinski definition) is 4. The molecule has 142 valence electrons. The van der Waals surface area contributed by atoms with Gasteiger partial charge < -0.3 is 29.9 Å². The Labute approximate surface area is 150 Å². The lowest BCUT2D eigenvalue weighted by molar-refractivity contribution is -0.0508. The molecule has 1 unspecified atom stereocenters. The summed E-state index contributed by atoms with van der Waals surface area (Å²) in [6, 6.07) is 0. The summed E-state index contributed by atoms with van der Waals surface area (Å²) in [5.74, 6) is 0.311. The first-order valence-electron chi connectivity index (χ1n) is 8.41. The lowest BCUT2D eigenvalue weighted by Gasteiger charge is -2.22. The zero-order chi connectivity index (χ0) is 19.2. The van der Waals surface area contributed by atoms with Gasteiger partial charge in [0.05, 0.1) is 12.0 Å². The smallest absolute Gasteiger partial charge is 0.164 e. The highest BCUT2D eigenvalue weighted by molar-refractivity contribution is 6.09. The number of ether oxygens (including phenoxy) is 1. The molecule has 0 spiro atoms. The summed E-state index contributed by atoms with van der Waals surface area (Å²) in [4.78, 5) is 20.7. The van der Waals surface area contributed by atoms with Gasteiger partial charge in [-0.15, -0.1) is 0 Å². The Morgan fingerprint density at radius 1 is 1.31 bits per heavy atom. The number of rotatable bonds is 4. The lowest BCUT2D eigenvalue weighted by Crippen LogP contribution is -2.33. The molecule has 3 heterocycles. The maximum atomic E-state index is 12.2. The predicted octanol–water partition coefficient (Wildman–Crippen LogP) is 0.456. The molecule has 3 rings (SSSR count). The van der Waals surface area contributed by atoms with Crippen molar-refractivity contribution in [3.8, 4) is 0 Å². The van der Waals surface area contributed by atoms with E-state index in [1.807, 2.05) is 20.8 Å². The molecule has 4 atom stereocenters. The highest BCUT2D eigenvalue weighted by Crippen LogP contribution is 2.35. The second-order valence-electron chi connectivity index (χ2n) is 7.53. The Bertz CT molecular complexity index is 828. The predicted molar refractivity (Wildman–Crippen MR) is 93.9 cm³/mol. The van der Waals surface area contributed by atoms with Crippen LogP contribution >= 0.6 is 0 Å². The number of ketones is 1. The number of aliphatic hydroxyl groups is 3. The Morgan fingerprint density at radius 2 is 2.00 bits per heavy atom. The fourth-order valence-corrected chi connectivity index (χ4v) is 3.11. The van der Waals surface area contributed by atoms with Gasteiger partial charge in [-0.05, 0) is 27.7 Å². The van der Waals surface area contributed by atoms with Crippen LogP contribution in [-0.4, -0.2) is 66.1 Å². The van der Waals surface area contributed by atoms with E-state index in [0.29, 0.717) is 22.4 Å². The number of Topliss-reactive ketones (excluding diaryl/α,β-unsaturated/α-hetero) is 1. The molecule has 9 heteroatoms. The van der Waals surface area contributed by atoms with Crippen LogP contribution in [0.4, 0.5) is 5.82 Å². The first kappa shape index (κ1) is 18.7. The van der Waals surface area contributed by atoms with Crippen LogP contribution < -0.4 is 5.32 Å². The summed E-state index contributed by atoms with van der Waals surface area (Å²) >= 11 is 0. The molecule has 1 fully saturated rings. The van der Waals surface area contributed by atoms with Gasteiger partial charge in [-0.2, -0.15) is 0 Å². The average Bonchev–Trinajstić information content (AvgIpc) is 3.06. The monoisotopic (exact) mass is 364 g/mol. The molecular weight excluding hydrogens is 340 g/mol. The van der Waals surface area contributed by atoms with Crippen LogP contribution in [0.1, 0.15) is 44.3 Å². The molecule has 1 aliphatic rings. The number of aliphatic hydroxyl groups excluding tert-OH is 3. The average molecular weight is 364 g/mol. The second-order valence-corrected chi connectivity index (χ2v) is 7.53.